The van der Waals surface area contributed by atoms with Gasteiger partial charge in [-0.3, -0.25) is 4.79 Å². The van der Waals surface area contributed by atoms with Crippen molar-refractivity contribution < 1.29 is 17.6 Å². The summed E-state index contributed by atoms with van der Waals surface area (Å²) >= 11 is 0. The molecule has 2 aromatic rings. The Labute approximate surface area is 149 Å². The van der Waals surface area contributed by atoms with Crippen molar-refractivity contribution in [3.05, 3.63) is 54.0 Å². The van der Waals surface area contributed by atoms with Crippen LogP contribution in [-0.2, 0) is 16.6 Å². The monoisotopic (exact) mass is 364 g/mol. The molecule has 25 heavy (non-hydrogen) atoms. The van der Waals surface area contributed by atoms with Crippen molar-refractivity contribution in [2.24, 2.45) is 0 Å². The first-order valence-corrected chi connectivity index (χ1v) is 9.78. The zero-order valence-electron chi connectivity index (χ0n) is 14.8. The van der Waals surface area contributed by atoms with Crippen LogP contribution in [0.2, 0.25) is 0 Å². The molecule has 1 amide bonds. The number of rotatable bonds is 8. The van der Waals surface area contributed by atoms with Gasteiger partial charge in [0.1, 0.15) is 0 Å². The maximum absolute atomic E-state index is 12.8. The van der Waals surface area contributed by atoms with Gasteiger partial charge in [0.15, 0.2) is 0 Å². The molecule has 0 atom stereocenters. The maximum Gasteiger partial charge on any atom is 0.253 e. The average Bonchev–Trinajstić information content (AvgIpc) is 3.13. The molecular formula is C18H24N2O4S. The number of nitrogens with zero attached hydrogens (tertiary/aromatic N) is 2. The summed E-state index contributed by atoms with van der Waals surface area (Å²) in [6.45, 7) is 7.43. The molecule has 0 bridgehead atoms. The van der Waals surface area contributed by atoms with Crippen molar-refractivity contribution in [2.75, 3.05) is 19.6 Å². The first kappa shape index (κ1) is 19.2. The highest BCUT2D eigenvalue weighted by molar-refractivity contribution is 7.89. The highest BCUT2D eigenvalue weighted by Gasteiger charge is 2.24. The lowest BCUT2D eigenvalue weighted by atomic mass is 10.2. The van der Waals surface area contributed by atoms with E-state index in [4.69, 9.17) is 4.42 Å². The van der Waals surface area contributed by atoms with Gasteiger partial charge < -0.3 is 9.32 Å². The van der Waals surface area contributed by atoms with E-state index in [2.05, 4.69) is 0 Å². The smallest absolute Gasteiger partial charge is 0.253 e. The average molecular weight is 364 g/mol. The SMILES string of the molecule is CCN(CC)C(=O)c1ccc(S(=O)(=O)N(CC)Cc2ccoc2)cc1. The molecule has 0 saturated heterocycles. The van der Waals surface area contributed by atoms with Crippen molar-refractivity contribution >= 4 is 15.9 Å². The van der Waals surface area contributed by atoms with E-state index >= 15 is 0 Å². The van der Waals surface area contributed by atoms with Crippen LogP contribution in [0.4, 0.5) is 0 Å². The van der Waals surface area contributed by atoms with E-state index in [1.165, 1.54) is 29.0 Å². The van der Waals surface area contributed by atoms with E-state index in [1.807, 2.05) is 13.8 Å². The normalized spacial score (nSPS) is 11.7. The number of carbonyl (C=O) groups excluding carboxylic acids is 1. The molecule has 0 unspecified atom stereocenters. The lowest BCUT2D eigenvalue weighted by molar-refractivity contribution is 0.0773. The predicted octanol–water partition coefficient (Wildman–Crippen LogP) is 2.97. The quantitative estimate of drug-likeness (QED) is 0.722. The zero-order chi connectivity index (χ0) is 18.4. The largest absolute Gasteiger partial charge is 0.472 e. The van der Waals surface area contributed by atoms with E-state index < -0.39 is 10.0 Å². The van der Waals surface area contributed by atoms with Crippen LogP contribution in [0, 0.1) is 0 Å². The van der Waals surface area contributed by atoms with E-state index in [9.17, 15) is 13.2 Å². The number of hydrogen-bond acceptors (Lipinski definition) is 4. The molecule has 1 aromatic carbocycles. The second kappa shape index (κ2) is 8.31. The fourth-order valence-corrected chi connectivity index (χ4v) is 4.00. The summed E-state index contributed by atoms with van der Waals surface area (Å²) in [5.74, 6) is -0.0975. The Morgan fingerprint density at radius 3 is 2.12 bits per heavy atom. The van der Waals surface area contributed by atoms with Gasteiger partial charge in [-0.2, -0.15) is 4.31 Å². The number of furan rings is 1. The number of benzene rings is 1. The molecule has 1 aromatic heterocycles. The Kier molecular flexibility index (Phi) is 6.39. The number of carbonyl (C=O) groups is 1. The summed E-state index contributed by atoms with van der Waals surface area (Å²) in [6, 6.07) is 7.86. The fraction of sp³-hybridized carbons (Fsp3) is 0.389. The fourth-order valence-electron chi connectivity index (χ4n) is 2.56. The molecule has 0 spiro atoms. The Hall–Kier alpha value is -2.12. The van der Waals surface area contributed by atoms with Crippen LogP contribution in [-0.4, -0.2) is 43.2 Å². The minimum absolute atomic E-state index is 0.0975. The molecule has 136 valence electrons. The molecule has 0 aliphatic rings. The van der Waals surface area contributed by atoms with E-state index in [0.29, 0.717) is 25.2 Å². The van der Waals surface area contributed by atoms with Gasteiger partial charge in [0.2, 0.25) is 10.0 Å². The molecule has 0 fully saturated rings. The number of hydrogen-bond donors (Lipinski definition) is 0. The van der Waals surface area contributed by atoms with Gasteiger partial charge in [-0.25, -0.2) is 8.42 Å². The van der Waals surface area contributed by atoms with Crippen molar-refractivity contribution in [3.8, 4) is 0 Å². The summed E-state index contributed by atoms with van der Waals surface area (Å²) in [7, 11) is -3.63. The second-order valence-corrected chi connectivity index (χ2v) is 7.50. The molecule has 0 saturated carbocycles. The van der Waals surface area contributed by atoms with Gasteiger partial charge >= 0.3 is 0 Å². The topological polar surface area (TPSA) is 70.8 Å². The van der Waals surface area contributed by atoms with Gasteiger partial charge in [0, 0.05) is 37.3 Å². The predicted molar refractivity (Wildman–Crippen MR) is 95.7 cm³/mol. The van der Waals surface area contributed by atoms with Crippen molar-refractivity contribution in [1.29, 1.82) is 0 Å². The first-order valence-electron chi connectivity index (χ1n) is 8.34. The van der Waals surface area contributed by atoms with Crippen LogP contribution in [0.3, 0.4) is 0 Å². The van der Waals surface area contributed by atoms with Crippen LogP contribution in [0.15, 0.2) is 52.2 Å². The first-order chi connectivity index (χ1) is 11.9. The highest BCUT2D eigenvalue weighted by atomic mass is 32.2. The van der Waals surface area contributed by atoms with Crippen LogP contribution in [0.1, 0.15) is 36.7 Å². The maximum atomic E-state index is 12.8. The lowest BCUT2D eigenvalue weighted by Gasteiger charge is -2.21. The minimum atomic E-state index is -3.63. The minimum Gasteiger partial charge on any atom is -0.472 e. The highest BCUT2D eigenvalue weighted by Crippen LogP contribution is 2.19. The molecule has 2 rings (SSSR count). The lowest BCUT2D eigenvalue weighted by Crippen LogP contribution is -2.31. The van der Waals surface area contributed by atoms with Crippen LogP contribution in [0.25, 0.3) is 0 Å². The van der Waals surface area contributed by atoms with E-state index in [1.54, 1.807) is 30.0 Å². The van der Waals surface area contributed by atoms with Crippen molar-refractivity contribution in [2.45, 2.75) is 32.2 Å². The van der Waals surface area contributed by atoms with Crippen LogP contribution >= 0.6 is 0 Å². The molecule has 1 heterocycles. The van der Waals surface area contributed by atoms with Gasteiger partial charge in [-0.15, -0.1) is 0 Å². The third kappa shape index (κ3) is 4.29. The van der Waals surface area contributed by atoms with Gasteiger partial charge in [0.05, 0.1) is 17.4 Å². The van der Waals surface area contributed by atoms with Crippen molar-refractivity contribution in [1.82, 2.24) is 9.21 Å². The molecule has 0 N–H and O–H groups in total. The summed E-state index contributed by atoms with van der Waals surface area (Å²) in [5.41, 5.74) is 1.28. The Balaban J connectivity index is 2.23. The van der Waals surface area contributed by atoms with E-state index in [0.717, 1.165) is 5.56 Å². The van der Waals surface area contributed by atoms with Crippen molar-refractivity contribution in [3.63, 3.8) is 0 Å². The van der Waals surface area contributed by atoms with Gasteiger partial charge in [0.25, 0.3) is 5.91 Å². The zero-order valence-corrected chi connectivity index (χ0v) is 15.6. The number of sulfonamides is 1. The Bertz CT molecular complexity index is 779. The van der Waals surface area contributed by atoms with Gasteiger partial charge in [-0.1, -0.05) is 6.92 Å². The van der Waals surface area contributed by atoms with E-state index in [-0.39, 0.29) is 17.3 Å². The van der Waals surface area contributed by atoms with Crippen LogP contribution in [0.5, 0.6) is 0 Å². The van der Waals surface area contributed by atoms with Crippen LogP contribution < -0.4 is 0 Å². The summed E-state index contributed by atoms with van der Waals surface area (Å²) in [5, 5.41) is 0. The Morgan fingerprint density at radius 2 is 1.64 bits per heavy atom. The molecule has 0 aliphatic heterocycles. The number of amides is 1. The molecule has 6 nitrogen and oxygen atoms in total. The summed E-state index contributed by atoms with van der Waals surface area (Å²) < 4.78 is 32.0. The third-order valence-corrected chi connectivity index (χ3v) is 6.02. The summed E-state index contributed by atoms with van der Waals surface area (Å²) in [4.78, 5) is 14.2. The standard InChI is InChI=1S/C18H24N2O4S/c1-4-19(5-2)18(21)16-7-9-17(10-8-16)25(22,23)20(6-3)13-15-11-12-24-14-15/h7-12,14H,4-6,13H2,1-3H3. The molecule has 7 heteroatoms. The Morgan fingerprint density at radius 1 is 1.00 bits per heavy atom. The second-order valence-electron chi connectivity index (χ2n) is 5.56. The molecule has 0 radical (unpaired) electrons. The molecular weight excluding hydrogens is 340 g/mol. The molecule has 0 aliphatic carbocycles. The third-order valence-electron chi connectivity index (χ3n) is 4.08. The van der Waals surface area contributed by atoms with Gasteiger partial charge in [-0.05, 0) is 44.2 Å². The summed E-state index contributed by atoms with van der Waals surface area (Å²) in [6.07, 6.45) is 3.05.